The molecule has 0 radical (unpaired) electrons. The third-order valence-electron chi connectivity index (χ3n) is 3.65. The number of hydrogen-bond donors (Lipinski definition) is 2. The first-order valence-corrected chi connectivity index (χ1v) is 6.52. The zero-order valence-electron chi connectivity index (χ0n) is 11.5. The Morgan fingerprint density at radius 1 is 1.50 bits per heavy atom. The van der Waals surface area contributed by atoms with E-state index in [0.717, 1.165) is 0 Å². The van der Waals surface area contributed by atoms with Gasteiger partial charge in [-0.2, -0.15) is 0 Å². The number of H-pyrrole nitrogens is 1. The Balaban J connectivity index is 2.38. The lowest BCUT2D eigenvalue weighted by atomic mass is 10.1. The zero-order valence-corrected chi connectivity index (χ0v) is 11.5. The van der Waals surface area contributed by atoms with Gasteiger partial charge in [-0.15, -0.1) is 0 Å². The summed E-state index contributed by atoms with van der Waals surface area (Å²) in [7, 11) is 0. The Morgan fingerprint density at radius 2 is 2.20 bits per heavy atom. The number of aromatic amines is 1. The molecule has 2 N–H and O–H groups in total. The summed E-state index contributed by atoms with van der Waals surface area (Å²) >= 11 is 0. The fraction of sp³-hybridized carbons (Fsp3) is 0.615. The van der Waals surface area contributed by atoms with Gasteiger partial charge in [-0.3, -0.25) is 19.1 Å². The maximum Gasteiger partial charge on any atom is 0.328 e. The van der Waals surface area contributed by atoms with Crippen LogP contribution in [0.1, 0.15) is 31.4 Å². The number of nitrogens with one attached hydrogen (secondary N) is 1. The van der Waals surface area contributed by atoms with E-state index in [1.807, 2.05) is 0 Å². The quantitative estimate of drug-likeness (QED) is 0.742. The highest BCUT2D eigenvalue weighted by Gasteiger charge is 2.37. The molecule has 1 aromatic rings. The molecule has 0 aromatic carbocycles. The minimum absolute atomic E-state index is 0.0225. The number of carbonyl (C=O) groups excluding carboxylic acids is 1. The van der Waals surface area contributed by atoms with E-state index >= 15 is 0 Å². The molecule has 2 rings (SSSR count). The van der Waals surface area contributed by atoms with Gasteiger partial charge in [-0.05, 0) is 25.7 Å². The van der Waals surface area contributed by atoms with Gasteiger partial charge in [0.2, 0.25) is 0 Å². The second-order valence-corrected chi connectivity index (χ2v) is 5.21. The fourth-order valence-electron chi connectivity index (χ4n) is 2.69. The predicted octanol–water partition coefficient (Wildman–Crippen LogP) is -0.280. The monoisotopic (exact) mass is 282 g/mol. The van der Waals surface area contributed by atoms with E-state index in [1.54, 1.807) is 6.92 Å². The molecule has 0 bridgehead atoms. The highest BCUT2D eigenvalue weighted by Crippen LogP contribution is 2.36. The van der Waals surface area contributed by atoms with Crippen LogP contribution in [0.3, 0.4) is 0 Å². The molecule has 3 atom stereocenters. The molecule has 1 aromatic heterocycles. The van der Waals surface area contributed by atoms with Crippen LogP contribution < -0.4 is 11.2 Å². The molecule has 7 nitrogen and oxygen atoms in total. The van der Waals surface area contributed by atoms with E-state index in [0.29, 0.717) is 18.4 Å². The van der Waals surface area contributed by atoms with Crippen LogP contribution >= 0.6 is 0 Å². The number of esters is 1. The maximum absolute atomic E-state index is 11.9. The average molecular weight is 282 g/mol. The molecule has 110 valence electrons. The van der Waals surface area contributed by atoms with Crippen molar-refractivity contribution in [2.24, 2.45) is 5.92 Å². The number of aromatic nitrogens is 2. The van der Waals surface area contributed by atoms with Crippen LogP contribution in [0.15, 0.2) is 15.8 Å². The second kappa shape index (κ2) is 5.62. The molecular formula is C13H18N2O5. The molecule has 1 saturated carbocycles. The van der Waals surface area contributed by atoms with Crippen molar-refractivity contribution in [1.29, 1.82) is 0 Å². The largest absolute Gasteiger partial charge is 0.460 e. The molecule has 1 fully saturated rings. The van der Waals surface area contributed by atoms with Crippen molar-refractivity contribution < 1.29 is 14.6 Å². The molecule has 0 saturated heterocycles. The van der Waals surface area contributed by atoms with Crippen LogP contribution in [-0.4, -0.2) is 33.3 Å². The van der Waals surface area contributed by atoms with Crippen molar-refractivity contribution in [2.45, 2.75) is 38.8 Å². The van der Waals surface area contributed by atoms with E-state index < -0.39 is 23.3 Å². The normalized spacial score (nSPS) is 25.6. The third kappa shape index (κ3) is 2.82. The topological polar surface area (TPSA) is 101 Å². The van der Waals surface area contributed by atoms with Crippen LogP contribution in [0, 0.1) is 12.8 Å². The van der Waals surface area contributed by atoms with E-state index in [9.17, 15) is 19.5 Å². The lowest BCUT2D eigenvalue weighted by Gasteiger charge is -2.21. The number of carbonyl (C=O) groups is 1. The Hall–Kier alpha value is -1.89. The van der Waals surface area contributed by atoms with Crippen molar-refractivity contribution in [3.05, 3.63) is 32.6 Å². The minimum Gasteiger partial charge on any atom is -0.460 e. The number of ether oxygens (including phenoxy) is 1. The Bertz CT molecular complexity index is 618. The van der Waals surface area contributed by atoms with E-state index in [1.165, 1.54) is 17.7 Å². The average Bonchev–Trinajstić information content (AvgIpc) is 2.76. The first kappa shape index (κ1) is 14.5. The van der Waals surface area contributed by atoms with Crippen molar-refractivity contribution in [2.75, 3.05) is 6.61 Å². The van der Waals surface area contributed by atoms with Gasteiger partial charge in [0.25, 0.3) is 5.56 Å². The van der Waals surface area contributed by atoms with Crippen LogP contribution in [-0.2, 0) is 9.53 Å². The van der Waals surface area contributed by atoms with Gasteiger partial charge in [0.05, 0.1) is 6.04 Å². The van der Waals surface area contributed by atoms with Gasteiger partial charge in [0, 0.05) is 25.3 Å². The molecule has 0 amide bonds. The molecule has 0 spiro atoms. The third-order valence-corrected chi connectivity index (χ3v) is 3.65. The standard InChI is InChI=1S/C13H18N2O5/c1-7-5-15(13(19)14-12(7)18)10-3-9(6-16)4-11(10)20-8(2)17/h5,9-11,16H,3-4,6H2,1-2H3,(H,14,18,19)/t9-,10+,11+/m0/s1. The summed E-state index contributed by atoms with van der Waals surface area (Å²) < 4.78 is 6.62. The van der Waals surface area contributed by atoms with Gasteiger partial charge in [0.1, 0.15) is 6.10 Å². The Kier molecular flexibility index (Phi) is 4.08. The van der Waals surface area contributed by atoms with E-state index in [4.69, 9.17) is 4.74 Å². The van der Waals surface area contributed by atoms with Crippen LogP contribution in [0.5, 0.6) is 0 Å². The molecule has 0 aliphatic heterocycles. The van der Waals surface area contributed by atoms with Gasteiger partial charge in [0.15, 0.2) is 0 Å². The molecule has 1 heterocycles. The smallest absolute Gasteiger partial charge is 0.328 e. The van der Waals surface area contributed by atoms with E-state index in [2.05, 4.69) is 4.98 Å². The number of hydrogen-bond acceptors (Lipinski definition) is 5. The lowest BCUT2D eigenvalue weighted by molar-refractivity contribution is -0.147. The molecule has 0 unspecified atom stereocenters. The van der Waals surface area contributed by atoms with Gasteiger partial charge in [-0.25, -0.2) is 4.79 Å². The van der Waals surface area contributed by atoms with Crippen molar-refractivity contribution in [1.82, 2.24) is 9.55 Å². The first-order chi connectivity index (χ1) is 9.42. The van der Waals surface area contributed by atoms with Gasteiger partial charge in [-0.1, -0.05) is 0 Å². The number of aliphatic hydroxyl groups is 1. The number of aliphatic hydroxyl groups excluding tert-OH is 1. The molecule has 7 heteroatoms. The van der Waals surface area contributed by atoms with E-state index in [-0.39, 0.29) is 18.6 Å². The molecule has 1 aliphatic carbocycles. The summed E-state index contributed by atoms with van der Waals surface area (Å²) in [6.07, 6.45) is 2.04. The minimum atomic E-state index is -0.527. The first-order valence-electron chi connectivity index (χ1n) is 6.52. The lowest BCUT2D eigenvalue weighted by Crippen LogP contribution is -2.36. The van der Waals surface area contributed by atoms with Crippen molar-refractivity contribution in [3.8, 4) is 0 Å². The van der Waals surface area contributed by atoms with Gasteiger partial charge < -0.3 is 9.84 Å². The summed E-state index contributed by atoms with van der Waals surface area (Å²) in [6, 6.07) is -0.362. The summed E-state index contributed by atoms with van der Waals surface area (Å²) in [5.74, 6) is -0.448. The second-order valence-electron chi connectivity index (χ2n) is 5.21. The van der Waals surface area contributed by atoms with Crippen LogP contribution in [0.25, 0.3) is 0 Å². The van der Waals surface area contributed by atoms with Crippen molar-refractivity contribution >= 4 is 5.97 Å². The summed E-state index contributed by atoms with van der Waals surface area (Å²) in [6.45, 7) is 2.89. The molecule has 1 aliphatic rings. The van der Waals surface area contributed by atoms with Crippen molar-refractivity contribution in [3.63, 3.8) is 0 Å². The van der Waals surface area contributed by atoms with Gasteiger partial charge >= 0.3 is 11.7 Å². The maximum atomic E-state index is 11.9. The number of nitrogens with zero attached hydrogens (tertiary/aromatic N) is 1. The highest BCUT2D eigenvalue weighted by molar-refractivity contribution is 5.66. The fourth-order valence-corrected chi connectivity index (χ4v) is 2.69. The number of aryl methyl sites for hydroxylation is 1. The van der Waals surface area contributed by atoms with Crippen LogP contribution in [0.2, 0.25) is 0 Å². The summed E-state index contributed by atoms with van der Waals surface area (Å²) in [4.78, 5) is 36.7. The molecular weight excluding hydrogens is 264 g/mol. The Morgan fingerprint density at radius 3 is 2.80 bits per heavy atom. The number of rotatable bonds is 3. The SMILES string of the molecule is CC(=O)O[C@@H]1C[C@@H](CO)C[C@H]1n1cc(C)c(=O)[nH]c1=O. The zero-order chi connectivity index (χ0) is 14.9. The summed E-state index contributed by atoms with van der Waals surface area (Å²) in [5.41, 5.74) is -0.535. The van der Waals surface area contributed by atoms with Crippen LogP contribution in [0.4, 0.5) is 0 Å². The predicted molar refractivity (Wildman–Crippen MR) is 70.5 cm³/mol. The summed E-state index contributed by atoms with van der Waals surface area (Å²) in [5, 5.41) is 9.26. The highest BCUT2D eigenvalue weighted by atomic mass is 16.5. The molecule has 20 heavy (non-hydrogen) atoms. The Labute approximate surface area is 115 Å².